The van der Waals surface area contributed by atoms with Gasteiger partial charge >= 0.3 is 0 Å². The molecule has 98 valence electrons. The molecule has 2 N–H and O–H groups in total. The lowest BCUT2D eigenvalue weighted by atomic mass is 10.7. The number of rotatable bonds is 11. The van der Waals surface area contributed by atoms with E-state index in [4.69, 9.17) is 19.3 Å². The summed E-state index contributed by atoms with van der Waals surface area (Å²) >= 11 is 0.875. The molecule has 0 aliphatic carbocycles. The van der Waals surface area contributed by atoms with E-state index in [1.165, 1.54) is 0 Å². The number of hydrogen-bond acceptors (Lipinski definition) is 8. The quantitative estimate of drug-likeness (QED) is 0.177. The zero-order valence-corrected chi connectivity index (χ0v) is 10.0. The van der Waals surface area contributed by atoms with Crippen LogP contribution in [-0.4, -0.2) is 56.2 Å². The Morgan fingerprint density at radius 3 is 2.25 bits per heavy atom. The van der Waals surface area contributed by atoms with Gasteiger partial charge in [-0.05, 0) is 0 Å². The second-order valence-corrected chi connectivity index (χ2v) is 4.83. The molecule has 0 atom stereocenters. The van der Waals surface area contributed by atoms with Gasteiger partial charge in [-0.1, -0.05) is 5.04 Å². The second-order valence-electron chi connectivity index (χ2n) is 2.48. The predicted molar refractivity (Wildman–Crippen MR) is 55.3 cm³/mol. The van der Waals surface area contributed by atoms with Crippen LogP contribution in [0.1, 0.15) is 0 Å². The third-order valence-corrected chi connectivity index (χ3v) is 2.42. The summed E-state index contributed by atoms with van der Waals surface area (Å²) in [5.41, 5.74) is 0. The van der Waals surface area contributed by atoms with Gasteiger partial charge in [-0.2, -0.15) is 8.42 Å². The first-order chi connectivity index (χ1) is 7.56. The van der Waals surface area contributed by atoms with Crippen LogP contribution in [0.5, 0.6) is 0 Å². The summed E-state index contributed by atoms with van der Waals surface area (Å²) in [6, 6.07) is 0. The molecule has 0 saturated carbocycles. The third kappa shape index (κ3) is 14.1. The van der Waals surface area contributed by atoms with Crippen LogP contribution in [0.4, 0.5) is 0 Å². The molecule has 0 aromatic heterocycles. The number of ether oxygens (including phenoxy) is 2. The molecule has 0 unspecified atom stereocenters. The van der Waals surface area contributed by atoms with Crippen molar-refractivity contribution in [3.8, 4) is 0 Å². The fourth-order valence-corrected chi connectivity index (χ4v) is 1.26. The van der Waals surface area contributed by atoms with Crippen LogP contribution in [0.3, 0.4) is 0 Å². The van der Waals surface area contributed by atoms with Gasteiger partial charge in [0.25, 0.3) is 10.1 Å². The maximum Gasteiger partial charge on any atom is 0.267 e. The molecule has 0 bridgehead atoms. The van der Waals surface area contributed by atoms with Crippen molar-refractivity contribution >= 4 is 22.2 Å². The van der Waals surface area contributed by atoms with Crippen molar-refractivity contribution in [3.63, 3.8) is 0 Å². The number of hydrogen-bond donors (Lipinski definition) is 2. The standard InChI is InChI=1S/C6H14O8S2/c7-13-14-15-5-3-11-1-2-12-4-6-16(8,9)10/h7H,1-6H2,(H,8,9,10). The van der Waals surface area contributed by atoms with Crippen LogP contribution in [0, 0.1) is 0 Å². The minimum Gasteiger partial charge on any atom is -0.378 e. The Hall–Kier alpha value is 0.0600. The Balaban J connectivity index is 3.05. The Morgan fingerprint density at radius 2 is 1.69 bits per heavy atom. The molecule has 0 aromatic rings. The molecule has 0 spiro atoms. The maximum absolute atomic E-state index is 10.3. The van der Waals surface area contributed by atoms with Crippen molar-refractivity contribution in [2.75, 3.05) is 37.9 Å². The van der Waals surface area contributed by atoms with E-state index in [9.17, 15) is 8.42 Å². The Morgan fingerprint density at radius 1 is 1.06 bits per heavy atom. The van der Waals surface area contributed by atoms with Gasteiger partial charge in [0.15, 0.2) is 0 Å². The Kier molecular flexibility index (Phi) is 10.3. The zero-order valence-electron chi connectivity index (χ0n) is 8.40. The van der Waals surface area contributed by atoms with Gasteiger partial charge < -0.3 is 9.47 Å². The summed E-state index contributed by atoms with van der Waals surface area (Å²) in [5, 5.41) is 11.1. The van der Waals surface area contributed by atoms with Crippen molar-refractivity contribution in [3.05, 3.63) is 0 Å². The Labute approximate surface area is 97.6 Å². The van der Waals surface area contributed by atoms with Crippen LogP contribution in [0.2, 0.25) is 0 Å². The Bertz CT molecular complexity index is 241. The molecule has 8 nitrogen and oxygen atoms in total. The summed E-state index contributed by atoms with van der Waals surface area (Å²) in [7, 11) is -3.96. The molecule has 0 aliphatic heterocycles. The lowest BCUT2D eigenvalue weighted by molar-refractivity contribution is -0.432. The van der Waals surface area contributed by atoms with Crippen molar-refractivity contribution < 1.29 is 37.1 Å². The SMILES string of the molecule is O=S(=O)(O)CCOCCOCCSOOO. The average Bonchev–Trinajstić information content (AvgIpc) is 2.19. The van der Waals surface area contributed by atoms with Crippen molar-refractivity contribution in [2.45, 2.75) is 0 Å². The summed E-state index contributed by atoms with van der Waals surface area (Å²) in [6.45, 7) is 0.831. The topological polar surface area (TPSA) is 112 Å². The molecule has 16 heavy (non-hydrogen) atoms. The van der Waals surface area contributed by atoms with Crippen LogP contribution >= 0.6 is 12.0 Å². The fourth-order valence-electron chi connectivity index (χ4n) is 0.635. The highest BCUT2D eigenvalue weighted by atomic mass is 32.2. The first-order valence-electron chi connectivity index (χ1n) is 4.26. The largest absolute Gasteiger partial charge is 0.378 e. The first kappa shape index (κ1) is 16.1. The molecule has 10 heteroatoms. The van der Waals surface area contributed by atoms with Gasteiger partial charge in [-0.3, -0.25) is 4.55 Å². The molecule has 0 radical (unpaired) electrons. The minimum absolute atomic E-state index is 0.0710. The third-order valence-electron chi connectivity index (χ3n) is 1.25. The zero-order chi connectivity index (χ0) is 12.3. The second kappa shape index (κ2) is 10.2. The van der Waals surface area contributed by atoms with Crippen molar-refractivity contribution in [1.82, 2.24) is 0 Å². The lowest BCUT2D eigenvalue weighted by Gasteiger charge is -2.04. The van der Waals surface area contributed by atoms with Crippen molar-refractivity contribution in [2.24, 2.45) is 0 Å². The van der Waals surface area contributed by atoms with E-state index in [0.29, 0.717) is 19.0 Å². The molecular formula is C6H14O8S2. The molecule has 0 fully saturated rings. The fraction of sp³-hybridized carbons (Fsp3) is 1.00. The molecule has 0 amide bonds. The highest BCUT2D eigenvalue weighted by Gasteiger charge is 2.02. The predicted octanol–water partition coefficient (Wildman–Crippen LogP) is -0.0232. The lowest BCUT2D eigenvalue weighted by Crippen LogP contribution is -2.13. The molecule has 0 aliphatic rings. The normalized spacial score (nSPS) is 11.9. The summed E-state index contributed by atoms with van der Waals surface area (Å²) in [4.78, 5) is 0. The van der Waals surface area contributed by atoms with Gasteiger partial charge in [0, 0.05) is 17.8 Å². The smallest absolute Gasteiger partial charge is 0.267 e. The van der Waals surface area contributed by atoms with E-state index in [0.717, 1.165) is 12.0 Å². The molecular weight excluding hydrogens is 264 g/mol. The maximum atomic E-state index is 10.3. The molecule has 0 rings (SSSR count). The van der Waals surface area contributed by atoms with Gasteiger partial charge in [0.05, 0.1) is 32.2 Å². The highest BCUT2D eigenvalue weighted by Crippen LogP contribution is 2.00. The van der Waals surface area contributed by atoms with Gasteiger partial charge in [-0.15, -0.1) is 4.33 Å². The van der Waals surface area contributed by atoms with Gasteiger partial charge in [0.2, 0.25) is 0 Å². The highest BCUT2D eigenvalue weighted by molar-refractivity contribution is 7.94. The average molecular weight is 278 g/mol. The van der Waals surface area contributed by atoms with Crippen LogP contribution in [-0.2, 0) is 29.0 Å². The summed E-state index contributed by atoms with van der Waals surface area (Å²) in [5.74, 6) is 0.0378. The minimum atomic E-state index is -3.96. The van der Waals surface area contributed by atoms with E-state index in [-0.39, 0.29) is 13.2 Å². The van der Waals surface area contributed by atoms with E-state index < -0.39 is 15.9 Å². The molecule has 0 aromatic carbocycles. The van der Waals surface area contributed by atoms with Crippen LogP contribution in [0.25, 0.3) is 0 Å². The first-order valence-corrected chi connectivity index (χ1v) is 6.78. The van der Waals surface area contributed by atoms with E-state index in [1.54, 1.807) is 0 Å². The molecule has 0 heterocycles. The van der Waals surface area contributed by atoms with Gasteiger partial charge in [-0.25, -0.2) is 5.26 Å². The van der Waals surface area contributed by atoms with Crippen LogP contribution < -0.4 is 0 Å². The van der Waals surface area contributed by atoms with E-state index in [1.807, 2.05) is 0 Å². The van der Waals surface area contributed by atoms with E-state index in [2.05, 4.69) is 9.37 Å². The van der Waals surface area contributed by atoms with Crippen molar-refractivity contribution in [1.29, 1.82) is 0 Å². The van der Waals surface area contributed by atoms with Crippen LogP contribution in [0.15, 0.2) is 0 Å². The van der Waals surface area contributed by atoms with E-state index >= 15 is 0 Å². The monoisotopic (exact) mass is 278 g/mol. The van der Waals surface area contributed by atoms with Gasteiger partial charge in [0.1, 0.15) is 0 Å². The summed E-state index contributed by atoms with van der Waals surface area (Å²) in [6.07, 6.45) is 0. The summed E-state index contributed by atoms with van der Waals surface area (Å²) < 4.78 is 42.9. The molecule has 0 saturated heterocycles.